The van der Waals surface area contributed by atoms with Crippen molar-refractivity contribution in [2.45, 2.75) is 6.42 Å². The van der Waals surface area contributed by atoms with Crippen LogP contribution in [0.15, 0.2) is 36.4 Å². The van der Waals surface area contributed by atoms with E-state index in [1.807, 2.05) is 12.1 Å². The Morgan fingerprint density at radius 2 is 2.15 bits per heavy atom. The lowest BCUT2D eigenvalue weighted by molar-refractivity contribution is 0.956. The highest BCUT2D eigenvalue weighted by atomic mass is 15.1. The van der Waals surface area contributed by atoms with Gasteiger partial charge in [-0.3, -0.25) is 5.10 Å². The van der Waals surface area contributed by atoms with Gasteiger partial charge in [0, 0.05) is 30.2 Å². The molecule has 0 aliphatic carbocycles. The first kappa shape index (κ1) is 11.3. The number of aromatic amines is 1. The van der Waals surface area contributed by atoms with Gasteiger partial charge >= 0.3 is 0 Å². The third-order valence-corrected chi connectivity index (χ3v) is 4.11. The van der Waals surface area contributed by atoms with Gasteiger partial charge < -0.3 is 10.6 Å². The predicted octanol–water partition coefficient (Wildman–Crippen LogP) is 2.80. The smallest absolute Gasteiger partial charge is 0.1000 e. The van der Waals surface area contributed by atoms with Gasteiger partial charge in [-0.05, 0) is 30.2 Å². The topological polar surface area (TPSA) is 57.9 Å². The number of para-hydroxylation sites is 1. The maximum Gasteiger partial charge on any atom is 0.1000 e. The summed E-state index contributed by atoms with van der Waals surface area (Å²) in [6.07, 6.45) is 1.10. The van der Waals surface area contributed by atoms with E-state index in [1.54, 1.807) is 0 Å². The van der Waals surface area contributed by atoms with Crippen LogP contribution in [0, 0.1) is 0 Å². The van der Waals surface area contributed by atoms with E-state index in [4.69, 9.17) is 5.73 Å². The number of anilines is 2. The molecule has 2 aromatic carbocycles. The van der Waals surface area contributed by atoms with E-state index in [0.29, 0.717) is 0 Å². The fourth-order valence-corrected chi connectivity index (χ4v) is 3.00. The summed E-state index contributed by atoms with van der Waals surface area (Å²) in [6, 6.07) is 12.5. The van der Waals surface area contributed by atoms with Gasteiger partial charge in [0.05, 0.1) is 16.9 Å². The molecule has 3 N–H and O–H groups in total. The Morgan fingerprint density at radius 3 is 3.05 bits per heavy atom. The fourth-order valence-electron chi connectivity index (χ4n) is 3.00. The van der Waals surface area contributed by atoms with Crippen molar-refractivity contribution in [3.05, 3.63) is 42.0 Å². The summed E-state index contributed by atoms with van der Waals surface area (Å²) in [6.45, 7) is 1.09. The van der Waals surface area contributed by atoms with Crippen LogP contribution in [0.1, 0.15) is 5.56 Å². The van der Waals surface area contributed by atoms with E-state index in [9.17, 15) is 0 Å². The average Bonchev–Trinajstić information content (AvgIpc) is 3.04. The maximum atomic E-state index is 5.98. The molecule has 0 amide bonds. The Balaban J connectivity index is 1.90. The molecule has 20 heavy (non-hydrogen) atoms. The number of hydrogen-bond donors (Lipinski definition) is 2. The predicted molar refractivity (Wildman–Crippen MR) is 82.9 cm³/mol. The van der Waals surface area contributed by atoms with Gasteiger partial charge in [0.25, 0.3) is 0 Å². The number of H-pyrrole nitrogens is 1. The summed E-state index contributed by atoms with van der Waals surface area (Å²) in [7, 11) is 2.14. The largest absolute Gasteiger partial charge is 0.397 e. The highest BCUT2D eigenvalue weighted by molar-refractivity contribution is 5.99. The number of nitrogens with zero attached hydrogens (tertiary/aromatic N) is 2. The third kappa shape index (κ3) is 1.51. The molecule has 4 rings (SSSR count). The molecule has 0 radical (unpaired) electrons. The van der Waals surface area contributed by atoms with Crippen LogP contribution in [-0.4, -0.2) is 23.8 Å². The number of nitrogens with one attached hydrogen (secondary N) is 1. The number of benzene rings is 2. The van der Waals surface area contributed by atoms with Crippen LogP contribution in [0.4, 0.5) is 11.4 Å². The number of aromatic nitrogens is 2. The van der Waals surface area contributed by atoms with Gasteiger partial charge in [0.2, 0.25) is 0 Å². The minimum absolute atomic E-state index is 0.738. The molecule has 0 saturated heterocycles. The molecular formula is C16H16N4. The Hall–Kier alpha value is -2.49. The van der Waals surface area contributed by atoms with Crippen LogP contribution in [0.5, 0.6) is 0 Å². The van der Waals surface area contributed by atoms with Crippen molar-refractivity contribution in [2.75, 3.05) is 24.2 Å². The standard InChI is InChI=1S/C16H16N4/c1-20-8-7-10-9-11(5-6-14(10)20)15-12-3-2-4-13(17)16(12)19-18-15/h2-6,9H,7-8,17H2,1H3,(H,18,19). The molecule has 4 nitrogen and oxygen atoms in total. The molecule has 0 fully saturated rings. The Labute approximate surface area is 117 Å². The van der Waals surface area contributed by atoms with Crippen molar-refractivity contribution in [3.8, 4) is 11.3 Å². The normalized spacial score (nSPS) is 13.9. The first-order valence-corrected chi connectivity index (χ1v) is 6.81. The summed E-state index contributed by atoms with van der Waals surface area (Å²) in [5.74, 6) is 0. The average molecular weight is 264 g/mol. The zero-order valence-electron chi connectivity index (χ0n) is 11.4. The van der Waals surface area contributed by atoms with E-state index < -0.39 is 0 Å². The van der Waals surface area contributed by atoms with Gasteiger partial charge in [-0.1, -0.05) is 18.2 Å². The molecule has 0 spiro atoms. The lowest BCUT2D eigenvalue weighted by atomic mass is 10.0. The minimum Gasteiger partial charge on any atom is -0.397 e. The Morgan fingerprint density at radius 1 is 1.25 bits per heavy atom. The molecule has 3 aromatic rings. The number of rotatable bonds is 1. The summed E-state index contributed by atoms with van der Waals surface area (Å²) in [4.78, 5) is 2.29. The van der Waals surface area contributed by atoms with Gasteiger partial charge in [0.1, 0.15) is 0 Å². The second-order valence-electron chi connectivity index (χ2n) is 5.36. The lowest BCUT2D eigenvalue weighted by Crippen LogP contribution is -2.12. The molecule has 0 saturated carbocycles. The number of nitrogen functional groups attached to an aromatic ring is 1. The summed E-state index contributed by atoms with van der Waals surface area (Å²) < 4.78 is 0. The zero-order valence-corrected chi connectivity index (χ0v) is 11.4. The second-order valence-corrected chi connectivity index (χ2v) is 5.36. The van der Waals surface area contributed by atoms with E-state index >= 15 is 0 Å². The highest BCUT2D eigenvalue weighted by Gasteiger charge is 2.17. The molecule has 0 unspecified atom stereocenters. The summed E-state index contributed by atoms with van der Waals surface area (Å²) in [5, 5.41) is 8.58. The second kappa shape index (κ2) is 4.00. The van der Waals surface area contributed by atoms with Crippen molar-refractivity contribution in [1.82, 2.24) is 10.2 Å². The van der Waals surface area contributed by atoms with Crippen molar-refractivity contribution in [3.63, 3.8) is 0 Å². The molecule has 0 atom stereocenters. The van der Waals surface area contributed by atoms with Crippen LogP contribution in [-0.2, 0) is 6.42 Å². The fraction of sp³-hybridized carbons (Fsp3) is 0.188. The Kier molecular flexibility index (Phi) is 2.27. The number of nitrogens with two attached hydrogens (primary N) is 1. The van der Waals surface area contributed by atoms with Crippen molar-refractivity contribution >= 4 is 22.3 Å². The van der Waals surface area contributed by atoms with E-state index in [2.05, 4.69) is 46.4 Å². The van der Waals surface area contributed by atoms with Gasteiger partial charge in [-0.2, -0.15) is 5.10 Å². The molecular weight excluding hydrogens is 248 g/mol. The molecule has 2 heterocycles. The highest BCUT2D eigenvalue weighted by Crippen LogP contribution is 2.34. The molecule has 4 heteroatoms. The van der Waals surface area contributed by atoms with Crippen LogP contribution >= 0.6 is 0 Å². The SMILES string of the molecule is CN1CCc2cc(-c3n[nH]c4c(N)cccc34)ccc21. The number of likely N-dealkylation sites (N-methyl/N-ethyl adjacent to an activating group) is 1. The van der Waals surface area contributed by atoms with Crippen LogP contribution in [0.2, 0.25) is 0 Å². The first-order valence-electron chi connectivity index (χ1n) is 6.81. The number of fused-ring (bicyclic) bond motifs is 2. The van der Waals surface area contributed by atoms with Crippen LogP contribution < -0.4 is 10.6 Å². The lowest BCUT2D eigenvalue weighted by Gasteiger charge is -2.11. The van der Waals surface area contributed by atoms with Gasteiger partial charge in [0.15, 0.2) is 0 Å². The first-order chi connectivity index (χ1) is 9.74. The van der Waals surface area contributed by atoms with E-state index in [1.165, 1.54) is 11.3 Å². The van der Waals surface area contributed by atoms with E-state index in [0.717, 1.165) is 40.8 Å². The third-order valence-electron chi connectivity index (χ3n) is 4.11. The van der Waals surface area contributed by atoms with Gasteiger partial charge in [-0.25, -0.2) is 0 Å². The quantitative estimate of drug-likeness (QED) is 0.664. The van der Waals surface area contributed by atoms with Gasteiger partial charge in [-0.15, -0.1) is 0 Å². The minimum atomic E-state index is 0.738. The maximum absolute atomic E-state index is 5.98. The molecule has 1 aliphatic rings. The van der Waals surface area contributed by atoms with Crippen molar-refractivity contribution < 1.29 is 0 Å². The molecule has 100 valence electrons. The van der Waals surface area contributed by atoms with Crippen molar-refractivity contribution in [1.29, 1.82) is 0 Å². The molecule has 1 aromatic heterocycles. The molecule has 0 bridgehead atoms. The van der Waals surface area contributed by atoms with Crippen LogP contribution in [0.25, 0.3) is 22.2 Å². The summed E-state index contributed by atoms with van der Waals surface area (Å²) >= 11 is 0. The monoisotopic (exact) mass is 264 g/mol. The van der Waals surface area contributed by atoms with Crippen molar-refractivity contribution in [2.24, 2.45) is 0 Å². The van der Waals surface area contributed by atoms with Crippen LogP contribution in [0.3, 0.4) is 0 Å². The number of hydrogen-bond acceptors (Lipinski definition) is 3. The zero-order chi connectivity index (χ0) is 13.7. The van der Waals surface area contributed by atoms with E-state index in [-0.39, 0.29) is 0 Å². The summed E-state index contributed by atoms with van der Waals surface area (Å²) in [5.41, 5.74) is 12.5. The Bertz CT molecular complexity index is 803. The molecule has 1 aliphatic heterocycles.